The summed E-state index contributed by atoms with van der Waals surface area (Å²) >= 11 is 0.982. The predicted octanol–water partition coefficient (Wildman–Crippen LogP) is 4.80. The third-order valence-electron chi connectivity index (χ3n) is 4.76. The van der Waals surface area contributed by atoms with Gasteiger partial charge in [0.1, 0.15) is 5.69 Å². The fourth-order valence-electron chi connectivity index (χ4n) is 3.10. The summed E-state index contributed by atoms with van der Waals surface area (Å²) in [7, 11) is 3.02. The SMILES string of the molecule is COc1ccc(/C=N/NC(=O)c2csc(-n3nc(C(F)(F)F)cc3-c3ccccc3)n2)cc1OC. The molecular weight excluding hydrogens is 483 g/mol. The smallest absolute Gasteiger partial charge is 0.435 e. The number of alkyl halides is 3. The van der Waals surface area contributed by atoms with Crippen LogP contribution in [0.3, 0.4) is 0 Å². The first kappa shape index (κ1) is 24.0. The number of halogens is 3. The van der Waals surface area contributed by atoms with Gasteiger partial charge >= 0.3 is 6.18 Å². The quantitative estimate of drug-likeness (QED) is 0.290. The second-order valence-corrected chi connectivity index (χ2v) is 7.86. The first-order valence-electron chi connectivity index (χ1n) is 10.0. The molecule has 0 unspecified atom stereocenters. The maximum atomic E-state index is 13.3. The van der Waals surface area contributed by atoms with Crippen LogP contribution in [0.4, 0.5) is 13.2 Å². The van der Waals surface area contributed by atoms with E-state index >= 15 is 0 Å². The van der Waals surface area contributed by atoms with E-state index in [0.717, 1.165) is 22.1 Å². The van der Waals surface area contributed by atoms with E-state index < -0.39 is 17.8 Å². The van der Waals surface area contributed by atoms with Gasteiger partial charge in [-0.05, 0) is 29.8 Å². The van der Waals surface area contributed by atoms with Gasteiger partial charge in [0.2, 0.25) is 5.13 Å². The van der Waals surface area contributed by atoms with E-state index in [0.29, 0.717) is 22.6 Å². The Bertz CT molecular complexity index is 1370. The van der Waals surface area contributed by atoms with Gasteiger partial charge in [0.05, 0.1) is 26.1 Å². The maximum Gasteiger partial charge on any atom is 0.435 e. The van der Waals surface area contributed by atoms with Crippen molar-refractivity contribution in [3.05, 3.63) is 76.9 Å². The van der Waals surface area contributed by atoms with Crippen molar-refractivity contribution in [2.24, 2.45) is 5.10 Å². The molecular formula is C23H18F3N5O3S. The van der Waals surface area contributed by atoms with Crippen LogP contribution in [0, 0.1) is 0 Å². The van der Waals surface area contributed by atoms with Gasteiger partial charge in [-0.15, -0.1) is 11.3 Å². The normalized spacial score (nSPS) is 11.6. The topological polar surface area (TPSA) is 90.6 Å². The highest BCUT2D eigenvalue weighted by Crippen LogP contribution is 2.33. The summed E-state index contributed by atoms with van der Waals surface area (Å²) in [5, 5.41) is 9.12. The Morgan fingerprint density at radius 1 is 1.09 bits per heavy atom. The van der Waals surface area contributed by atoms with Gasteiger partial charge in [-0.25, -0.2) is 15.1 Å². The number of aromatic nitrogens is 3. The summed E-state index contributed by atoms with van der Waals surface area (Å²) in [6.45, 7) is 0. The number of carbonyl (C=O) groups is 1. The monoisotopic (exact) mass is 501 g/mol. The molecule has 0 atom stereocenters. The van der Waals surface area contributed by atoms with Crippen LogP contribution in [-0.4, -0.2) is 41.1 Å². The molecule has 8 nitrogen and oxygen atoms in total. The van der Waals surface area contributed by atoms with E-state index in [1.165, 1.54) is 25.8 Å². The van der Waals surface area contributed by atoms with Crippen molar-refractivity contribution in [3.63, 3.8) is 0 Å². The number of benzene rings is 2. The lowest BCUT2D eigenvalue weighted by molar-refractivity contribution is -0.141. The maximum absolute atomic E-state index is 13.3. The molecule has 0 aliphatic rings. The zero-order chi connectivity index (χ0) is 25.0. The summed E-state index contributed by atoms with van der Waals surface area (Å²) in [4.78, 5) is 16.7. The standard InChI is InChI=1S/C23H18F3N5O3S/c1-33-18-9-8-14(10-19(18)34-2)12-27-29-21(32)16-13-35-22(28-16)31-17(15-6-4-3-5-7-15)11-20(30-31)23(24,25)26/h3-13H,1-2H3,(H,29,32)/b27-12+. The first-order valence-corrected chi connectivity index (χ1v) is 10.9. The third-order valence-corrected chi connectivity index (χ3v) is 5.58. The first-order chi connectivity index (χ1) is 16.8. The van der Waals surface area contributed by atoms with Crippen molar-refractivity contribution >= 4 is 23.5 Å². The Hall–Kier alpha value is -4.19. The average Bonchev–Trinajstić information content (AvgIpc) is 3.52. The van der Waals surface area contributed by atoms with Crippen molar-refractivity contribution in [2.75, 3.05) is 14.2 Å². The number of hydrogen-bond acceptors (Lipinski definition) is 7. The van der Waals surface area contributed by atoms with Gasteiger partial charge in [-0.2, -0.15) is 23.4 Å². The number of hydrogen-bond donors (Lipinski definition) is 1. The molecule has 0 saturated carbocycles. The van der Waals surface area contributed by atoms with E-state index in [2.05, 4.69) is 20.6 Å². The molecule has 12 heteroatoms. The van der Waals surface area contributed by atoms with Crippen LogP contribution in [-0.2, 0) is 6.18 Å². The molecule has 4 rings (SSSR count). The minimum atomic E-state index is -4.63. The van der Waals surface area contributed by atoms with Gasteiger partial charge in [0.25, 0.3) is 5.91 Å². The summed E-state index contributed by atoms with van der Waals surface area (Å²) in [6.07, 6.45) is -3.23. The number of ether oxygens (including phenoxy) is 2. The molecule has 0 radical (unpaired) electrons. The Morgan fingerprint density at radius 3 is 2.51 bits per heavy atom. The summed E-state index contributed by atoms with van der Waals surface area (Å²) in [5.41, 5.74) is 2.64. The summed E-state index contributed by atoms with van der Waals surface area (Å²) in [6, 6.07) is 14.5. The molecule has 35 heavy (non-hydrogen) atoms. The van der Waals surface area contributed by atoms with E-state index in [9.17, 15) is 18.0 Å². The lowest BCUT2D eigenvalue weighted by atomic mass is 10.1. The molecule has 1 N–H and O–H groups in total. The molecule has 0 bridgehead atoms. The van der Waals surface area contributed by atoms with Crippen LogP contribution >= 0.6 is 11.3 Å². The molecule has 0 spiro atoms. The minimum absolute atomic E-state index is 0.0162. The number of rotatable bonds is 7. The van der Waals surface area contributed by atoms with E-state index in [-0.39, 0.29) is 16.5 Å². The van der Waals surface area contributed by atoms with Gasteiger partial charge in [0, 0.05) is 10.9 Å². The van der Waals surface area contributed by atoms with E-state index in [4.69, 9.17) is 9.47 Å². The minimum Gasteiger partial charge on any atom is -0.493 e. The van der Waals surface area contributed by atoms with Gasteiger partial charge < -0.3 is 9.47 Å². The number of nitrogens with one attached hydrogen (secondary N) is 1. The Kier molecular flexibility index (Phi) is 6.82. The van der Waals surface area contributed by atoms with Crippen molar-refractivity contribution in [1.29, 1.82) is 0 Å². The number of carbonyl (C=O) groups excluding carboxylic acids is 1. The Morgan fingerprint density at radius 2 is 1.83 bits per heavy atom. The van der Waals surface area contributed by atoms with Crippen molar-refractivity contribution in [3.8, 4) is 27.9 Å². The highest BCUT2D eigenvalue weighted by molar-refractivity contribution is 7.12. The van der Waals surface area contributed by atoms with Gasteiger partial charge in [-0.1, -0.05) is 30.3 Å². The summed E-state index contributed by atoms with van der Waals surface area (Å²) in [5.74, 6) is 0.415. The number of nitrogens with zero attached hydrogens (tertiary/aromatic N) is 4. The lowest BCUT2D eigenvalue weighted by Crippen LogP contribution is -2.18. The van der Waals surface area contributed by atoms with Crippen LogP contribution in [0.2, 0.25) is 0 Å². The molecule has 2 heterocycles. The second-order valence-electron chi connectivity index (χ2n) is 7.02. The third kappa shape index (κ3) is 5.32. The predicted molar refractivity (Wildman–Crippen MR) is 124 cm³/mol. The highest BCUT2D eigenvalue weighted by Gasteiger charge is 2.35. The van der Waals surface area contributed by atoms with Crippen molar-refractivity contribution in [2.45, 2.75) is 6.18 Å². The summed E-state index contributed by atoms with van der Waals surface area (Å²) < 4.78 is 51.5. The fraction of sp³-hybridized carbons (Fsp3) is 0.130. The number of thiazole rings is 1. The molecule has 2 aromatic carbocycles. The Labute approximate surface area is 201 Å². The largest absolute Gasteiger partial charge is 0.493 e. The number of amides is 1. The molecule has 180 valence electrons. The van der Waals surface area contributed by atoms with Crippen molar-refractivity contribution in [1.82, 2.24) is 20.2 Å². The second kappa shape index (κ2) is 9.97. The van der Waals surface area contributed by atoms with Crippen LogP contribution in [0.15, 0.2) is 65.1 Å². The molecule has 4 aromatic rings. The van der Waals surface area contributed by atoms with E-state index in [1.54, 1.807) is 48.5 Å². The van der Waals surface area contributed by atoms with Crippen LogP contribution in [0.5, 0.6) is 11.5 Å². The van der Waals surface area contributed by atoms with E-state index in [1.807, 2.05) is 0 Å². The fourth-order valence-corrected chi connectivity index (χ4v) is 3.87. The number of hydrazone groups is 1. The number of methoxy groups -OCH3 is 2. The average molecular weight is 501 g/mol. The van der Waals surface area contributed by atoms with Gasteiger partial charge in [-0.3, -0.25) is 4.79 Å². The lowest BCUT2D eigenvalue weighted by Gasteiger charge is -2.07. The zero-order valence-corrected chi connectivity index (χ0v) is 19.2. The molecule has 0 saturated heterocycles. The molecule has 0 aliphatic heterocycles. The van der Waals surface area contributed by atoms with Gasteiger partial charge in [0.15, 0.2) is 17.2 Å². The molecule has 0 fully saturated rings. The molecule has 2 aromatic heterocycles. The molecule has 0 aliphatic carbocycles. The highest BCUT2D eigenvalue weighted by atomic mass is 32.1. The Balaban J connectivity index is 1.55. The zero-order valence-electron chi connectivity index (χ0n) is 18.4. The van der Waals surface area contributed by atoms with Crippen LogP contribution < -0.4 is 14.9 Å². The van der Waals surface area contributed by atoms with Crippen LogP contribution in [0.1, 0.15) is 21.7 Å². The molecule has 1 amide bonds. The van der Waals surface area contributed by atoms with Crippen LogP contribution in [0.25, 0.3) is 16.4 Å². The van der Waals surface area contributed by atoms with Crippen molar-refractivity contribution < 1.29 is 27.4 Å².